The first-order valence-corrected chi connectivity index (χ1v) is 7.96. The highest BCUT2D eigenvalue weighted by Gasteiger charge is 2.46. The van der Waals surface area contributed by atoms with Crippen molar-refractivity contribution in [2.45, 2.75) is 25.7 Å². The van der Waals surface area contributed by atoms with Gasteiger partial charge in [-0.2, -0.15) is 0 Å². The van der Waals surface area contributed by atoms with Gasteiger partial charge >= 0.3 is 0 Å². The molecule has 23 heavy (non-hydrogen) atoms. The minimum absolute atomic E-state index is 0.0409. The van der Waals surface area contributed by atoms with Crippen LogP contribution in [0.4, 0.5) is 0 Å². The molecule has 3 atom stereocenters. The topological polar surface area (TPSA) is 49.8 Å². The Labute approximate surface area is 135 Å². The standard InChI is InChI=1S/C19H19NO3/c1-12-7-8-16-15(11-12)17(21)14-9-10-20(19(14)23-16)18(22)13-5-3-2-4-6-13/h2-8,11,14,17,19,21H,9-10H2,1H3/t14-,17-,19+/m1/s1. The maximum Gasteiger partial charge on any atom is 0.256 e. The molecule has 0 radical (unpaired) electrons. The molecule has 2 aromatic carbocycles. The molecule has 0 aromatic heterocycles. The lowest BCUT2D eigenvalue weighted by Crippen LogP contribution is -2.45. The first-order chi connectivity index (χ1) is 11.1. The summed E-state index contributed by atoms with van der Waals surface area (Å²) < 4.78 is 6.08. The van der Waals surface area contributed by atoms with E-state index in [0.29, 0.717) is 17.9 Å². The fourth-order valence-electron chi connectivity index (χ4n) is 3.58. The van der Waals surface area contributed by atoms with E-state index in [1.165, 1.54) is 0 Å². The second-order valence-electron chi connectivity index (χ2n) is 6.31. The molecular weight excluding hydrogens is 290 g/mol. The van der Waals surface area contributed by atoms with Gasteiger partial charge in [0.25, 0.3) is 5.91 Å². The third kappa shape index (κ3) is 2.30. The average molecular weight is 309 g/mol. The Balaban J connectivity index is 1.65. The number of nitrogens with zero attached hydrogens (tertiary/aromatic N) is 1. The van der Waals surface area contributed by atoms with Gasteiger partial charge in [-0.1, -0.05) is 29.8 Å². The van der Waals surface area contributed by atoms with Gasteiger partial charge in [0.05, 0.1) is 6.10 Å². The lowest BCUT2D eigenvalue weighted by atomic mass is 9.90. The lowest BCUT2D eigenvalue weighted by molar-refractivity contribution is -0.0324. The van der Waals surface area contributed by atoms with Crippen LogP contribution in [-0.2, 0) is 0 Å². The maximum atomic E-state index is 12.7. The van der Waals surface area contributed by atoms with Crippen molar-refractivity contribution < 1.29 is 14.6 Å². The minimum atomic E-state index is -0.586. The molecule has 0 spiro atoms. The number of aliphatic hydroxyl groups is 1. The molecule has 0 aliphatic carbocycles. The third-order valence-corrected chi connectivity index (χ3v) is 4.80. The zero-order valence-electron chi connectivity index (χ0n) is 13.0. The Kier molecular flexibility index (Phi) is 3.34. The molecule has 1 amide bonds. The summed E-state index contributed by atoms with van der Waals surface area (Å²) >= 11 is 0. The zero-order valence-corrected chi connectivity index (χ0v) is 13.0. The molecular formula is C19H19NO3. The van der Waals surface area contributed by atoms with E-state index in [4.69, 9.17) is 4.74 Å². The average Bonchev–Trinajstić information content (AvgIpc) is 3.00. The lowest BCUT2D eigenvalue weighted by Gasteiger charge is -2.36. The van der Waals surface area contributed by atoms with E-state index >= 15 is 0 Å². The predicted octanol–water partition coefficient (Wildman–Crippen LogP) is 2.91. The van der Waals surface area contributed by atoms with Crippen molar-refractivity contribution in [3.8, 4) is 5.75 Å². The van der Waals surface area contributed by atoms with Crippen LogP contribution in [0, 0.1) is 12.8 Å². The van der Waals surface area contributed by atoms with E-state index in [9.17, 15) is 9.90 Å². The number of likely N-dealkylation sites (tertiary alicyclic amines) is 1. The van der Waals surface area contributed by atoms with E-state index in [2.05, 4.69) is 0 Å². The summed E-state index contributed by atoms with van der Waals surface area (Å²) in [5.41, 5.74) is 2.58. The van der Waals surface area contributed by atoms with Crippen LogP contribution < -0.4 is 4.74 Å². The van der Waals surface area contributed by atoms with Gasteiger partial charge in [0.15, 0.2) is 6.23 Å². The van der Waals surface area contributed by atoms with Gasteiger partial charge in [0.2, 0.25) is 0 Å². The summed E-state index contributed by atoms with van der Waals surface area (Å²) in [5, 5.41) is 10.7. The Bertz CT molecular complexity index is 744. The van der Waals surface area contributed by atoms with Gasteiger partial charge in [-0.25, -0.2) is 0 Å². The van der Waals surface area contributed by atoms with E-state index in [1.54, 1.807) is 4.90 Å². The van der Waals surface area contributed by atoms with Gasteiger partial charge in [-0.15, -0.1) is 0 Å². The van der Waals surface area contributed by atoms with Gasteiger partial charge in [-0.3, -0.25) is 4.79 Å². The van der Waals surface area contributed by atoms with E-state index in [1.807, 2.05) is 55.5 Å². The van der Waals surface area contributed by atoms with Gasteiger partial charge < -0.3 is 14.7 Å². The first kappa shape index (κ1) is 14.3. The van der Waals surface area contributed by atoms with Crippen molar-refractivity contribution in [2.75, 3.05) is 6.54 Å². The minimum Gasteiger partial charge on any atom is -0.470 e. The number of carbonyl (C=O) groups is 1. The monoisotopic (exact) mass is 309 g/mol. The smallest absolute Gasteiger partial charge is 0.256 e. The third-order valence-electron chi connectivity index (χ3n) is 4.80. The summed E-state index contributed by atoms with van der Waals surface area (Å²) in [6.07, 6.45) is -0.234. The van der Waals surface area contributed by atoms with Crippen LogP contribution in [0.25, 0.3) is 0 Å². The molecule has 4 nitrogen and oxygen atoms in total. The molecule has 2 aliphatic heterocycles. The molecule has 0 unspecified atom stereocenters. The molecule has 1 saturated heterocycles. The van der Waals surface area contributed by atoms with Crippen molar-refractivity contribution in [3.63, 3.8) is 0 Å². The molecule has 2 aliphatic rings. The Morgan fingerprint density at radius 1 is 1.22 bits per heavy atom. The number of hydrogen-bond acceptors (Lipinski definition) is 3. The SMILES string of the molecule is Cc1ccc2c(c1)[C@H](O)[C@H]1CCN(C(=O)c3ccccc3)[C@H]1O2. The number of aliphatic hydroxyl groups excluding tert-OH is 1. The Morgan fingerprint density at radius 3 is 2.78 bits per heavy atom. The van der Waals surface area contributed by atoms with Crippen LogP contribution >= 0.6 is 0 Å². The van der Waals surface area contributed by atoms with Crippen molar-refractivity contribution in [3.05, 3.63) is 65.2 Å². The van der Waals surface area contributed by atoms with Crippen LogP contribution in [0.1, 0.15) is 34.0 Å². The Morgan fingerprint density at radius 2 is 2.00 bits per heavy atom. The largest absolute Gasteiger partial charge is 0.470 e. The second kappa shape index (κ2) is 5.39. The number of benzene rings is 2. The number of amides is 1. The summed E-state index contributed by atoms with van der Waals surface area (Å²) in [4.78, 5) is 14.5. The molecule has 2 aromatic rings. The summed E-state index contributed by atoms with van der Waals surface area (Å²) in [5.74, 6) is 0.565. The maximum absolute atomic E-state index is 12.7. The number of hydrogen-bond donors (Lipinski definition) is 1. The number of carbonyl (C=O) groups excluding carboxylic acids is 1. The molecule has 0 saturated carbocycles. The van der Waals surface area contributed by atoms with Crippen LogP contribution in [0.2, 0.25) is 0 Å². The fraction of sp³-hybridized carbons (Fsp3) is 0.316. The van der Waals surface area contributed by atoms with Gasteiger partial charge in [0.1, 0.15) is 5.75 Å². The van der Waals surface area contributed by atoms with Crippen molar-refractivity contribution in [1.82, 2.24) is 4.90 Å². The van der Waals surface area contributed by atoms with Crippen LogP contribution in [0.3, 0.4) is 0 Å². The van der Waals surface area contributed by atoms with E-state index < -0.39 is 12.3 Å². The van der Waals surface area contributed by atoms with Gasteiger partial charge in [0, 0.05) is 23.6 Å². The summed E-state index contributed by atoms with van der Waals surface area (Å²) in [6.45, 7) is 2.60. The van der Waals surface area contributed by atoms with Gasteiger partial charge in [-0.05, 0) is 37.6 Å². The Hall–Kier alpha value is -2.33. The number of aryl methyl sites for hydroxylation is 1. The van der Waals surface area contributed by atoms with E-state index in [0.717, 1.165) is 17.5 Å². The van der Waals surface area contributed by atoms with Crippen molar-refractivity contribution >= 4 is 5.91 Å². The summed E-state index contributed by atoms with van der Waals surface area (Å²) in [7, 11) is 0. The molecule has 1 fully saturated rings. The fourth-order valence-corrected chi connectivity index (χ4v) is 3.58. The molecule has 4 heteroatoms. The van der Waals surface area contributed by atoms with E-state index in [-0.39, 0.29) is 11.8 Å². The number of ether oxygens (including phenoxy) is 1. The molecule has 1 N–H and O–H groups in total. The van der Waals surface area contributed by atoms with Crippen LogP contribution in [0.15, 0.2) is 48.5 Å². The van der Waals surface area contributed by atoms with Crippen LogP contribution in [0.5, 0.6) is 5.75 Å². The first-order valence-electron chi connectivity index (χ1n) is 7.96. The zero-order chi connectivity index (χ0) is 16.0. The molecule has 2 heterocycles. The quantitative estimate of drug-likeness (QED) is 0.881. The predicted molar refractivity (Wildman–Crippen MR) is 86.1 cm³/mol. The molecule has 118 valence electrons. The number of rotatable bonds is 1. The number of fused-ring (bicyclic) bond motifs is 2. The second-order valence-corrected chi connectivity index (χ2v) is 6.31. The highest BCUT2D eigenvalue weighted by molar-refractivity contribution is 5.94. The normalized spacial score (nSPS) is 25.5. The highest BCUT2D eigenvalue weighted by atomic mass is 16.5. The molecule has 0 bridgehead atoms. The van der Waals surface area contributed by atoms with Crippen LogP contribution in [-0.4, -0.2) is 28.7 Å². The summed E-state index contributed by atoms with van der Waals surface area (Å²) in [6, 6.07) is 15.0. The van der Waals surface area contributed by atoms with Crippen molar-refractivity contribution in [1.29, 1.82) is 0 Å². The highest BCUT2D eigenvalue weighted by Crippen LogP contribution is 2.44. The molecule has 4 rings (SSSR count). The van der Waals surface area contributed by atoms with Crippen molar-refractivity contribution in [2.24, 2.45) is 5.92 Å².